The maximum Gasteiger partial charge on any atom is 0.312 e. The lowest BCUT2D eigenvalue weighted by Crippen LogP contribution is -2.41. The van der Waals surface area contributed by atoms with Gasteiger partial charge in [0, 0.05) is 5.69 Å². The summed E-state index contributed by atoms with van der Waals surface area (Å²) in [5.74, 6) is 1.24. The molecular formula is C17H26N3S2+. The average molecular weight is 337 g/mol. The molecule has 0 saturated heterocycles. The zero-order valence-electron chi connectivity index (χ0n) is 14.5. The molecule has 120 valence electrons. The summed E-state index contributed by atoms with van der Waals surface area (Å²) in [5, 5.41) is 4.89. The molecule has 2 rings (SSSR count). The van der Waals surface area contributed by atoms with Gasteiger partial charge in [0.05, 0.1) is 20.1 Å². The van der Waals surface area contributed by atoms with Gasteiger partial charge in [-0.3, -0.25) is 4.90 Å². The molecule has 3 nitrogen and oxygen atoms in total. The first-order chi connectivity index (χ1) is 10.4. The fourth-order valence-corrected chi connectivity index (χ4v) is 4.77. The number of para-hydroxylation sites is 1. The molecule has 1 aromatic heterocycles. The highest BCUT2D eigenvalue weighted by molar-refractivity contribution is 8.00. The van der Waals surface area contributed by atoms with Gasteiger partial charge in [-0.05, 0) is 45.1 Å². The molecule has 1 N–H and O–H groups in total. The third-order valence-electron chi connectivity index (χ3n) is 3.65. The van der Waals surface area contributed by atoms with Crippen molar-refractivity contribution in [3.63, 3.8) is 0 Å². The average Bonchev–Trinajstić information content (AvgIpc) is 2.81. The smallest absolute Gasteiger partial charge is 0.312 e. The molecule has 0 atom stereocenters. The molecule has 0 aliphatic rings. The number of nitrogens with zero attached hydrogens (tertiary/aromatic N) is 2. The van der Waals surface area contributed by atoms with Crippen molar-refractivity contribution in [1.82, 2.24) is 0 Å². The number of thiazole rings is 1. The van der Waals surface area contributed by atoms with Crippen LogP contribution >= 0.6 is 23.1 Å². The number of rotatable bonds is 5. The van der Waals surface area contributed by atoms with Gasteiger partial charge in [-0.15, -0.1) is 0 Å². The number of nitrogens with one attached hydrogen (secondary N) is 1. The molecule has 1 heterocycles. The SMILES string of the molecule is CSc1sc(Nc2c(C)cccc2C)c(N(C)C)[n+]1C(C)C. The number of thioether (sulfide) groups is 1. The highest BCUT2D eigenvalue weighted by atomic mass is 32.2. The van der Waals surface area contributed by atoms with Gasteiger partial charge in [-0.25, -0.2) is 4.57 Å². The van der Waals surface area contributed by atoms with Crippen molar-refractivity contribution in [2.45, 2.75) is 38.1 Å². The second kappa shape index (κ2) is 6.92. The van der Waals surface area contributed by atoms with E-state index in [1.54, 1.807) is 0 Å². The van der Waals surface area contributed by atoms with Crippen LogP contribution in [0, 0.1) is 13.8 Å². The van der Waals surface area contributed by atoms with Crippen molar-refractivity contribution in [3.05, 3.63) is 29.3 Å². The molecular weight excluding hydrogens is 310 g/mol. The van der Waals surface area contributed by atoms with Crippen molar-refractivity contribution in [1.29, 1.82) is 0 Å². The molecule has 0 saturated carbocycles. The lowest BCUT2D eigenvalue weighted by molar-refractivity contribution is -0.732. The summed E-state index contributed by atoms with van der Waals surface area (Å²) in [6.45, 7) is 8.79. The van der Waals surface area contributed by atoms with Crippen LogP contribution in [0.4, 0.5) is 16.5 Å². The first-order valence-electron chi connectivity index (χ1n) is 7.49. The van der Waals surface area contributed by atoms with Gasteiger partial charge in [0.2, 0.25) is 4.34 Å². The van der Waals surface area contributed by atoms with Crippen LogP contribution in [0.1, 0.15) is 31.0 Å². The summed E-state index contributed by atoms with van der Waals surface area (Å²) < 4.78 is 3.73. The highest BCUT2D eigenvalue weighted by Crippen LogP contribution is 2.38. The van der Waals surface area contributed by atoms with Crippen molar-refractivity contribution >= 4 is 39.6 Å². The molecule has 0 aliphatic heterocycles. The standard InChI is InChI=1S/C17H26N3S2/c1-11(2)20-16(19(5)6)15(22-17(20)21-7)18-14-12(3)9-8-10-13(14)4/h8-11,18H,1-7H3/q+1. The van der Waals surface area contributed by atoms with Gasteiger partial charge in [0.1, 0.15) is 0 Å². The molecule has 1 aromatic carbocycles. The molecule has 0 unspecified atom stereocenters. The number of aromatic nitrogens is 1. The Balaban J connectivity index is 2.56. The maximum atomic E-state index is 3.68. The minimum absolute atomic E-state index is 0.435. The van der Waals surface area contributed by atoms with E-state index in [1.165, 1.54) is 32.0 Å². The summed E-state index contributed by atoms with van der Waals surface area (Å²) in [6, 6.07) is 6.86. The van der Waals surface area contributed by atoms with Crippen LogP contribution in [0.15, 0.2) is 22.5 Å². The molecule has 0 amide bonds. The summed E-state index contributed by atoms with van der Waals surface area (Å²) in [5.41, 5.74) is 3.77. The molecule has 0 aliphatic carbocycles. The lowest BCUT2D eigenvalue weighted by atomic mass is 10.1. The van der Waals surface area contributed by atoms with Gasteiger partial charge >= 0.3 is 5.82 Å². The van der Waals surface area contributed by atoms with E-state index in [1.807, 2.05) is 23.1 Å². The van der Waals surface area contributed by atoms with E-state index in [2.05, 4.69) is 81.0 Å². The van der Waals surface area contributed by atoms with Crippen LogP contribution in [-0.4, -0.2) is 20.4 Å². The predicted molar refractivity (Wildman–Crippen MR) is 100 cm³/mol. The van der Waals surface area contributed by atoms with E-state index >= 15 is 0 Å². The van der Waals surface area contributed by atoms with Crippen LogP contribution in [-0.2, 0) is 0 Å². The second-order valence-corrected chi connectivity index (χ2v) is 8.03. The third-order valence-corrected chi connectivity index (χ3v) is 5.81. The maximum absolute atomic E-state index is 3.68. The number of benzene rings is 1. The van der Waals surface area contributed by atoms with Gasteiger partial charge in [0.25, 0.3) is 0 Å². The van der Waals surface area contributed by atoms with Gasteiger partial charge in [-0.2, -0.15) is 0 Å². The minimum Gasteiger partial charge on any atom is -0.340 e. The van der Waals surface area contributed by atoms with Gasteiger partial charge in [0.15, 0.2) is 5.00 Å². The van der Waals surface area contributed by atoms with Crippen LogP contribution in [0.25, 0.3) is 0 Å². The quantitative estimate of drug-likeness (QED) is 0.627. The Kier molecular flexibility index (Phi) is 5.40. The monoisotopic (exact) mass is 336 g/mol. The third kappa shape index (κ3) is 3.25. The fourth-order valence-electron chi connectivity index (χ4n) is 2.60. The number of aryl methyl sites for hydroxylation is 2. The topological polar surface area (TPSA) is 19.1 Å². The van der Waals surface area contributed by atoms with E-state index in [9.17, 15) is 0 Å². The van der Waals surface area contributed by atoms with Crippen LogP contribution in [0.5, 0.6) is 0 Å². The zero-order valence-corrected chi connectivity index (χ0v) is 16.2. The lowest BCUT2D eigenvalue weighted by Gasteiger charge is -2.15. The summed E-state index contributed by atoms with van der Waals surface area (Å²) in [7, 11) is 4.22. The number of anilines is 3. The Bertz CT molecular complexity index is 640. The van der Waals surface area contributed by atoms with E-state index in [0.29, 0.717) is 6.04 Å². The van der Waals surface area contributed by atoms with E-state index in [-0.39, 0.29) is 0 Å². The fraction of sp³-hybridized carbons (Fsp3) is 0.471. The van der Waals surface area contributed by atoms with Crippen molar-refractivity contribution in [2.24, 2.45) is 0 Å². The van der Waals surface area contributed by atoms with Crippen molar-refractivity contribution in [3.8, 4) is 0 Å². The Morgan fingerprint density at radius 2 is 1.77 bits per heavy atom. The second-order valence-electron chi connectivity index (χ2n) is 5.97. The molecule has 0 spiro atoms. The summed E-state index contributed by atoms with van der Waals surface area (Å²) in [4.78, 5) is 2.20. The van der Waals surface area contributed by atoms with Gasteiger partial charge < -0.3 is 5.32 Å². The van der Waals surface area contributed by atoms with Crippen LogP contribution < -0.4 is 14.8 Å². The Morgan fingerprint density at radius 1 is 1.18 bits per heavy atom. The predicted octanol–water partition coefficient (Wildman–Crippen LogP) is 4.76. The van der Waals surface area contributed by atoms with Crippen LogP contribution in [0.2, 0.25) is 0 Å². The largest absolute Gasteiger partial charge is 0.340 e. The van der Waals surface area contributed by atoms with Crippen molar-refractivity contribution in [2.75, 3.05) is 30.6 Å². The Hall–Kier alpha value is -1.20. The molecule has 0 fully saturated rings. The van der Waals surface area contributed by atoms with Crippen LogP contribution in [0.3, 0.4) is 0 Å². The molecule has 2 aromatic rings. The Labute approximate surface area is 142 Å². The molecule has 0 radical (unpaired) electrons. The molecule has 0 bridgehead atoms. The Morgan fingerprint density at radius 3 is 2.23 bits per heavy atom. The molecule has 22 heavy (non-hydrogen) atoms. The highest BCUT2D eigenvalue weighted by Gasteiger charge is 2.28. The van der Waals surface area contributed by atoms with Crippen molar-refractivity contribution < 1.29 is 4.57 Å². The summed E-state index contributed by atoms with van der Waals surface area (Å²) >= 11 is 3.64. The summed E-state index contributed by atoms with van der Waals surface area (Å²) in [6.07, 6.45) is 2.15. The van der Waals surface area contributed by atoms with Gasteiger partial charge in [-0.1, -0.05) is 41.3 Å². The first-order valence-corrected chi connectivity index (χ1v) is 9.53. The molecule has 5 heteroatoms. The van der Waals surface area contributed by atoms with E-state index in [4.69, 9.17) is 0 Å². The van der Waals surface area contributed by atoms with E-state index < -0.39 is 0 Å². The number of hydrogen-bond donors (Lipinski definition) is 1. The normalized spacial score (nSPS) is 11.1. The first kappa shape index (κ1) is 17.2. The zero-order chi connectivity index (χ0) is 16.4. The number of hydrogen-bond acceptors (Lipinski definition) is 4. The van der Waals surface area contributed by atoms with E-state index in [0.717, 1.165) is 0 Å². The minimum atomic E-state index is 0.435.